The molecule has 2 aromatic rings. The number of carbonyl (C=O) groups excluding carboxylic acids is 1. The zero-order valence-corrected chi connectivity index (χ0v) is 8.60. The van der Waals surface area contributed by atoms with Crippen LogP contribution < -0.4 is 4.74 Å². The van der Waals surface area contributed by atoms with E-state index in [0.29, 0.717) is 5.39 Å². The number of hydrogen-bond donors (Lipinski definition) is 2. The molecule has 2 rings (SSSR count). The van der Waals surface area contributed by atoms with Gasteiger partial charge in [0.1, 0.15) is 5.75 Å². The van der Waals surface area contributed by atoms with Gasteiger partial charge in [-0.15, -0.1) is 0 Å². The summed E-state index contributed by atoms with van der Waals surface area (Å²) in [5.41, 5.74) is 0. The third-order valence-corrected chi connectivity index (χ3v) is 2.21. The van der Waals surface area contributed by atoms with Crippen LogP contribution in [0, 0.1) is 0 Å². The van der Waals surface area contributed by atoms with Crippen molar-refractivity contribution in [2.75, 3.05) is 0 Å². The zero-order valence-electron chi connectivity index (χ0n) is 8.60. The van der Waals surface area contributed by atoms with Crippen LogP contribution in [0.3, 0.4) is 0 Å². The van der Waals surface area contributed by atoms with Crippen LogP contribution >= 0.6 is 0 Å². The van der Waals surface area contributed by atoms with Crippen LogP contribution in [0.2, 0.25) is 0 Å². The number of carbonyl (C=O) groups is 1. The normalized spacial score (nSPS) is 10.3. The van der Waals surface area contributed by atoms with Crippen LogP contribution in [0.5, 0.6) is 17.2 Å². The van der Waals surface area contributed by atoms with Gasteiger partial charge in [-0.1, -0.05) is 18.2 Å². The number of benzene rings is 2. The summed E-state index contributed by atoms with van der Waals surface area (Å²) < 4.78 is 4.81. The van der Waals surface area contributed by atoms with Crippen molar-refractivity contribution in [1.29, 1.82) is 0 Å². The highest BCUT2D eigenvalue weighted by Gasteiger charge is 2.12. The van der Waals surface area contributed by atoms with Crippen molar-refractivity contribution in [1.82, 2.24) is 0 Å². The minimum absolute atomic E-state index is 0.0431. The number of aromatic hydroxyl groups is 2. The molecule has 0 aliphatic heterocycles. The minimum Gasteiger partial charge on any atom is -0.507 e. The fourth-order valence-corrected chi connectivity index (χ4v) is 1.56. The number of hydrogen-bond acceptors (Lipinski definition) is 4. The molecule has 4 heteroatoms. The Hall–Kier alpha value is -2.23. The van der Waals surface area contributed by atoms with Crippen molar-refractivity contribution in [3.8, 4) is 17.2 Å². The fraction of sp³-hybridized carbons (Fsp3) is 0.0833. The monoisotopic (exact) mass is 218 g/mol. The lowest BCUT2D eigenvalue weighted by molar-refractivity contribution is -0.132. The van der Waals surface area contributed by atoms with Gasteiger partial charge in [-0.2, -0.15) is 0 Å². The van der Waals surface area contributed by atoms with E-state index < -0.39 is 5.97 Å². The Bertz CT molecular complexity index is 560. The highest BCUT2D eigenvalue weighted by atomic mass is 16.5. The standard InChI is InChI=1S/C12H10O4/c1-7(13)16-10-6-5-8-3-2-4-9(14)11(8)12(10)15/h2-6,14-15H,1H3. The van der Waals surface area contributed by atoms with Gasteiger partial charge >= 0.3 is 5.97 Å². The molecule has 0 bridgehead atoms. The van der Waals surface area contributed by atoms with E-state index in [4.69, 9.17) is 4.74 Å². The molecule has 0 aliphatic carbocycles. The van der Waals surface area contributed by atoms with E-state index in [1.165, 1.54) is 19.1 Å². The Morgan fingerprint density at radius 1 is 1.19 bits per heavy atom. The summed E-state index contributed by atoms with van der Waals surface area (Å²) in [5.74, 6) is -0.763. The number of phenolic OH excluding ortho intramolecular Hbond substituents is 2. The van der Waals surface area contributed by atoms with Gasteiger partial charge in [0, 0.05) is 6.92 Å². The molecule has 0 heterocycles. The van der Waals surface area contributed by atoms with E-state index in [1.807, 2.05) is 0 Å². The summed E-state index contributed by atoms with van der Waals surface area (Å²) in [6.07, 6.45) is 0. The van der Waals surface area contributed by atoms with Crippen molar-refractivity contribution in [3.05, 3.63) is 30.3 Å². The van der Waals surface area contributed by atoms with Gasteiger partial charge in [0.2, 0.25) is 0 Å². The van der Waals surface area contributed by atoms with Gasteiger partial charge < -0.3 is 14.9 Å². The van der Waals surface area contributed by atoms with Crippen molar-refractivity contribution < 1.29 is 19.7 Å². The Morgan fingerprint density at radius 3 is 2.62 bits per heavy atom. The molecule has 0 aromatic heterocycles. The maximum atomic E-state index is 10.8. The van der Waals surface area contributed by atoms with Gasteiger partial charge in [0.15, 0.2) is 11.5 Å². The largest absolute Gasteiger partial charge is 0.507 e. The SMILES string of the molecule is CC(=O)Oc1ccc2cccc(O)c2c1O. The first kappa shape index (κ1) is 10.3. The Kier molecular flexibility index (Phi) is 2.40. The molecule has 0 atom stereocenters. The summed E-state index contributed by atoms with van der Waals surface area (Å²) in [4.78, 5) is 10.8. The third-order valence-electron chi connectivity index (χ3n) is 2.21. The molecule has 0 unspecified atom stereocenters. The third kappa shape index (κ3) is 1.65. The number of phenols is 2. The second kappa shape index (κ2) is 3.73. The molecule has 0 fully saturated rings. The van der Waals surface area contributed by atoms with E-state index in [-0.39, 0.29) is 22.6 Å². The predicted octanol–water partition coefficient (Wildman–Crippen LogP) is 2.18. The lowest BCUT2D eigenvalue weighted by atomic mass is 10.1. The van der Waals surface area contributed by atoms with Crippen molar-refractivity contribution in [2.24, 2.45) is 0 Å². The smallest absolute Gasteiger partial charge is 0.308 e. The van der Waals surface area contributed by atoms with Crippen LogP contribution in [0.25, 0.3) is 10.8 Å². The first-order chi connectivity index (χ1) is 7.59. The molecule has 2 aromatic carbocycles. The van der Waals surface area contributed by atoms with Crippen molar-refractivity contribution in [3.63, 3.8) is 0 Å². The lowest BCUT2D eigenvalue weighted by Crippen LogP contribution is -2.01. The predicted molar refractivity (Wildman–Crippen MR) is 58.6 cm³/mol. The van der Waals surface area contributed by atoms with Gasteiger partial charge in [-0.25, -0.2) is 0 Å². The number of ether oxygens (including phenoxy) is 1. The molecular formula is C12H10O4. The quantitative estimate of drug-likeness (QED) is 0.568. The van der Waals surface area contributed by atoms with Gasteiger partial charge in [0.25, 0.3) is 0 Å². The van der Waals surface area contributed by atoms with E-state index >= 15 is 0 Å². The zero-order chi connectivity index (χ0) is 11.7. The first-order valence-corrected chi connectivity index (χ1v) is 4.71. The summed E-state index contributed by atoms with van der Waals surface area (Å²) in [6, 6.07) is 8.01. The Labute approximate surface area is 91.7 Å². The van der Waals surface area contributed by atoms with Crippen LogP contribution in [-0.2, 0) is 4.79 Å². The molecule has 16 heavy (non-hydrogen) atoms. The highest BCUT2D eigenvalue weighted by Crippen LogP contribution is 2.39. The van der Waals surface area contributed by atoms with Gasteiger partial charge in [0.05, 0.1) is 5.39 Å². The first-order valence-electron chi connectivity index (χ1n) is 4.71. The second-order valence-electron chi connectivity index (χ2n) is 3.38. The Balaban J connectivity index is 2.68. The molecule has 0 spiro atoms. The van der Waals surface area contributed by atoms with Crippen LogP contribution in [0.1, 0.15) is 6.92 Å². The fourth-order valence-electron chi connectivity index (χ4n) is 1.56. The molecule has 0 radical (unpaired) electrons. The molecular weight excluding hydrogens is 208 g/mol. The highest BCUT2D eigenvalue weighted by molar-refractivity contribution is 5.95. The molecule has 2 N–H and O–H groups in total. The molecule has 82 valence electrons. The Morgan fingerprint density at radius 2 is 1.94 bits per heavy atom. The van der Waals surface area contributed by atoms with E-state index in [1.54, 1.807) is 18.2 Å². The molecule has 0 amide bonds. The van der Waals surface area contributed by atoms with E-state index in [0.717, 1.165) is 0 Å². The van der Waals surface area contributed by atoms with E-state index in [2.05, 4.69) is 0 Å². The molecule has 0 saturated carbocycles. The van der Waals surface area contributed by atoms with Gasteiger partial charge in [-0.05, 0) is 17.5 Å². The van der Waals surface area contributed by atoms with Crippen LogP contribution in [0.15, 0.2) is 30.3 Å². The number of fused-ring (bicyclic) bond motifs is 1. The summed E-state index contributed by atoms with van der Waals surface area (Å²) in [5, 5.41) is 20.4. The number of rotatable bonds is 1. The minimum atomic E-state index is -0.523. The summed E-state index contributed by atoms with van der Waals surface area (Å²) in [6.45, 7) is 1.24. The van der Waals surface area contributed by atoms with Gasteiger partial charge in [-0.3, -0.25) is 4.79 Å². The topological polar surface area (TPSA) is 66.8 Å². The number of esters is 1. The second-order valence-corrected chi connectivity index (χ2v) is 3.38. The van der Waals surface area contributed by atoms with Crippen molar-refractivity contribution in [2.45, 2.75) is 6.92 Å². The lowest BCUT2D eigenvalue weighted by Gasteiger charge is -2.08. The molecule has 0 aliphatic rings. The molecule has 4 nitrogen and oxygen atoms in total. The van der Waals surface area contributed by atoms with Crippen molar-refractivity contribution >= 4 is 16.7 Å². The van der Waals surface area contributed by atoms with Crippen LogP contribution in [0.4, 0.5) is 0 Å². The summed E-state index contributed by atoms with van der Waals surface area (Å²) in [7, 11) is 0. The van der Waals surface area contributed by atoms with Crippen LogP contribution in [-0.4, -0.2) is 16.2 Å². The summed E-state index contributed by atoms with van der Waals surface area (Å²) >= 11 is 0. The van der Waals surface area contributed by atoms with E-state index in [9.17, 15) is 15.0 Å². The maximum absolute atomic E-state index is 10.8. The average Bonchev–Trinajstić information content (AvgIpc) is 2.22. The average molecular weight is 218 g/mol. The molecule has 0 saturated heterocycles. The maximum Gasteiger partial charge on any atom is 0.308 e.